The fourth-order valence-electron chi connectivity index (χ4n) is 2.19. The lowest BCUT2D eigenvalue weighted by Gasteiger charge is -2.37. The standard InChI is InChI=1S/C8H15N3S/c9-8(12)11-5-4-10-3-1-2-7(10)6-11/h7H,1-6H2,(H2,9,12). The van der Waals surface area contributed by atoms with Crippen LogP contribution in [-0.4, -0.2) is 47.1 Å². The third-order valence-corrected chi connectivity index (χ3v) is 3.16. The van der Waals surface area contributed by atoms with Gasteiger partial charge in [-0.1, -0.05) is 0 Å². The van der Waals surface area contributed by atoms with Gasteiger partial charge >= 0.3 is 0 Å². The predicted octanol–water partition coefficient (Wildman–Crippen LogP) is 0.0100. The Morgan fingerprint density at radius 3 is 2.92 bits per heavy atom. The van der Waals surface area contributed by atoms with E-state index in [2.05, 4.69) is 9.80 Å². The monoisotopic (exact) mass is 185 g/mol. The Labute approximate surface area is 78.5 Å². The highest BCUT2D eigenvalue weighted by Gasteiger charge is 2.30. The first-order valence-corrected chi connectivity index (χ1v) is 4.96. The maximum absolute atomic E-state index is 5.59. The Kier molecular flexibility index (Phi) is 2.19. The van der Waals surface area contributed by atoms with Crippen molar-refractivity contribution >= 4 is 17.3 Å². The zero-order valence-electron chi connectivity index (χ0n) is 7.20. The molecule has 4 heteroatoms. The van der Waals surface area contributed by atoms with Gasteiger partial charge in [0, 0.05) is 25.7 Å². The van der Waals surface area contributed by atoms with E-state index in [9.17, 15) is 0 Å². The Morgan fingerprint density at radius 1 is 1.33 bits per heavy atom. The van der Waals surface area contributed by atoms with Crippen LogP contribution in [-0.2, 0) is 0 Å². The first-order valence-electron chi connectivity index (χ1n) is 4.56. The van der Waals surface area contributed by atoms with Gasteiger partial charge in [0.25, 0.3) is 0 Å². The second kappa shape index (κ2) is 3.18. The van der Waals surface area contributed by atoms with E-state index in [-0.39, 0.29) is 0 Å². The van der Waals surface area contributed by atoms with Gasteiger partial charge in [-0.2, -0.15) is 0 Å². The van der Waals surface area contributed by atoms with Crippen LogP contribution >= 0.6 is 12.2 Å². The summed E-state index contributed by atoms with van der Waals surface area (Å²) in [6.45, 7) is 4.49. The molecule has 68 valence electrons. The average molecular weight is 185 g/mol. The van der Waals surface area contributed by atoms with Gasteiger partial charge in [0.15, 0.2) is 5.11 Å². The summed E-state index contributed by atoms with van der Waals surface area (Å²) >= 11 is 4.96. The van der Waals surface area contributed by atoms with Gasteiger partial charge in [0.1, 0.15) is 0 Å². The van der Waals surface area contributed by atoms with E-state index >= 15 is 0 Å². The molecule has 0 aromatic carbocycles. The van der Waals surface area contributed by atoms with Crippen LogP contribution in [0.2, 0.25) is 0 Å². The number of hydrogen-bond donors (Lipinski definition) is 1. The van der Waals surface area contributed by atoms with Crippen LogP contribution in [0.4, 0.5) is 0 Å². The molecule has 0 saturated carbocycles. The summed E-state index contributed by atoms with van der Waals surface area (Å²) in [6, 6.07) is 0.722. The Hall–Kier alpha value is -0.350. The van der Waals surface area contributed by atoms with Crippen LogP contribution in [0.15, 0.2) is 0 Å². The zero-order chi connectivity index (χ0) is 8.55. The molecule has 0 aliphatic carbocycles. The highest BCUT2D eigenvalue weighted by atomic mass is 32.1. The molecule has 3 nitrogen and oxygen atoms in total. The van der Waals surface area contributed by atoms with Crippen LogP contribution in [0, 0.1) is 0 Å². The van der Waals surface area contributed by atoms with E-state index in [1.54, 1.807) is 0 Å². The molecule has 12 heavy (non-hydrogen) atoms. The van der Waals surface area contributed by atoms with Gasteiger partial charge in [-0.3, -0.25) is 4.90 Å². The van der Waals surface area contributed by atoms with E-state index < -0.39 is 0 Å². The number of hydrogen-bond acceptors (Lipinski definition) is 2. The first kappa shape index (κ1) is 8.26. The van der Waals surface area contributed by atoms with Gasteiger partial charge in [-0.25, -0.2) is 0 Å². The number of nitrogens with two attached hydrogens (primary N) is 1. The highest BCUT2D eigenvalue weighted by molar-refractivity contribution is 7.80. The van der Waals surface area contributed by atoms with Crippen molar-refractivity contribution in [3.8, 4) is 0 Å². The summed E-state index contributed by atoms with van der Waals surface area (Å²) in [7, 11) is 0. The molecule has 2 aliphatic rings. The minimum Gasteiger partial charge on any atom is -0.376 e. The quantitative estimate of drug-likeness (QED) is 0.539. The maximum Gasteiger partial charge on any atom is 0.166 e. The molecular weight excluding hydrogens is 170 g/mol. The Morgan fingerprint density at radius 2 is 2.17 bits per heavy atom. The molecule has 2 aliphatic heterocycles. The minimum atomic E-state index is 0.571. The van der Waals surface area contributed by atoms with Crippen molar-refractivity contribution in [2.24, 2.45) is 5.73 Å². The van der Waals surface area contributed by atoms with Gasteiger partial charge in [0.05, 0.1) is 0 Å². The van der Waals surface area contributed by atoms with Gasteiger partial charge in [-0.15, -0.1) is 0 Å². The summed E-state index contributed by atoms with van der Waals surface area (Å²) < 4.78 is 0. The Balaban J connectivity index is 1.96. The van der Waals surface area contributed by atoms with Crippen LogP contribution in [0.3, 0.4) is 0 Å². The van der Waals surface area contributed by atoms with Gasteiger partial charge in [-0.05, 0) is 31.6 Å². The fraction of sp³-hybridized carbons (Fsp3) is 0.875. The normalized spacial score (nSPS) is 30.3. The highest BCUT2D eigenvalue weighted by Crippen LogP contribution is 2.20. The second-order valence-corrected chi connectivity index (χ2v) is 4.03. The first-order chi connectivity index (χ1) is 5.77. The second-order valence-electron chi connectivity index (χ2n) is 3.62. The molecule has 2 N–H and O–H groups in total. The fourth-order valence-corrected chi connectivity index (χ4v) is 2.36. The van der Waals surface area contributed by atoms with E-state index in [4.69, 9.17) is 18.0 Å². The summed E-state index contributed by atoms with van der Waals surface area (Å²) in [5, 5.41) is 0.571. The van der Waals surface area contributed by atoms with Crippen molar-refractivity contribution in [1.82, 2.24) is 9.80 Å². The minimum absolute atomic E-state index is 0.571. The van der Waals surface area contributed by atoms with Gasteiger partial charge in [0.2, 0.25) is 0 Å². The van der Waals surface area contributed by atoms with Crippen molar-refractivity contribution in [3.05, 3.63) is 0 Å². The van der Waals surface area contributed by atoms with Crippen molar-refractivity contribution in [1.29, 1.82) is 0 Å². The molecule has 2 fully saturated rings. The smallest absolute Gasteiger partial charge is 0.166 e. The van der Waals surface area contributed by atoms with Crippen molar-refractivity contribution in [2.75, 3.05) is 26.2 Å². The van der Waals surface area contributed by atoms with E-state index in [0.29, 0.717) is 5.11 Å². The lowest BCUT2D eigenvalue weighted by Crippen LogP contribution is -2.53. The number of piperazine rings is 1. The maximum atomic E-state index is 5.59. The largest absolute Gasteiger partial charge is 0.376 e. The molecule has 2 rings (SSSR count). The topological polar surface area (TPSA) is 32.5 Å². The summed E-state index contributed by atoms with van der Waals surface area (Å²) in [4.78, 5) is 4.68. The summed E-state index contributed by atoms with van der Waals surface area (Å²) in [6.07, 6.45) is 2.66. The molecule has 0 bridgehead atoms. The molecule has 0 aromatic heterocycles. The third kappa shape index (κ3) is 1.41. The van der Waals surface area contributed by atoms with E-state index in [1.165, 1.54) is 19.4 Å². The molecule has 2 heterocycles. The predicted molar refractivity (Wildman–Crippen MR) is 53.0 cm³/mol. The van der Waals surface area contributed by atoms with Crippen molar-refractivity contribution < 1.29 is 0 Å². The molecule has 0 spiro atoms. The van der Waals surface area contributed by atoms with Crippen LogP contribution in [0.25, 0.3) is 0 Å². The molecule has 0 amide bonds. The van der Waals surface area contributed by atoms with Crippen molar-refractivity contribution in [2.45, 2.75) is 18.9 Å². The Bertz CT molecular complexity index is 195. The average Bonchev–Trinajstić information content (AvgIpc) is 2.49. The summed E-state index contributed by atoms with van der Waals surface area (Å²) in [5.74, 6) is 0. The zero-order valence-corrected chi connectivity index (χ0v) is 8.02. The molecule has 1 unspecified atom stereocenters. The van der Waals surface area contributed by atoms with Crippen LogP contribution in [0.1, 0.15) is 12.8 Å². The SMILES string of the molecule is NC(=S)N1CCN2CCCC2C1. The lowest BCUT2D eigenvalue weighted by atomic mass is 10.2. The molecule has 1 atom stereocenters. The number of rotatable bonds is 0. The van der Waals surface area contributed by atoms with E-state index in [1.807, 2.05) is 0 Å². The molecule has 0 aromatic rings. The lowest BCUT2D eigenvalue weighted by molar-refractivity contribution is 0.152. The third-order valence-electron chi connectivity index (χ3n) is 2.90. The molecule has 2 saturated heterocycles. The molecule has 0 radical (unpaired) electrons. The van der Waals surface area contributed by atoms with Gasteiger partial charge < -0.3 is 10.6 Å². The van der Waals surface area contributed by atoms with Crippen LogP contribution < -0.4 is 5.73 Å². The number of nitrogens with zero attached hydrogens (tertiary/aromatic N) is 2. The number of thiocarbonyl (C=S) groups is 1. The summed E-state index contributed by atoms with van der Waals surface area (Å²) in [5.41, 5.74) is 5.59. The molecular formula is C8H15N3S. The van der Waals surface area contributed by atoms with E-state index in [0.717, 1.165) is 25.7 Å². The number of fused-ring (bicyclic) bond motifs is 1. The van der Waals surface area contributed by atoms with Crippen LogP contribution in [0.5, 0.6) is 0 Å². The van der Waals surface area contributed by atoms with Crippen molar-refractivity contribution in [3.63, 3.8) is 0 Å².